The van der Waals surface area contributed by atoms with Gasteiger partial charge in [0.25, 0.3) is 0 Å². The maximum absolute atomic E-state index is 11.4. The van der Waals surface area contributed by atoms with Crippen LogP contribution in [0.5, 0.6) is 0 Å². The lowest BCUT2D eigenvalue weighted by molar-refractivity contribution is -0.115. The Balaban J connectivity index is 1.98. The third kappa shape index (κ3) is 2.28. The fourth-order valence-corrected chi connectivity index (χ4v) is 2.27. The van der Waals surface area contributed by atoms with Gasteiger partial charge in [-0.25, -0.2) is 9.97 Å². The quantitative estimate of drug-likeness (QED) is 0.887. The molecule has 0 spiro atoms. The van der Waals surface area contributed by atoms with Crippen LogP contribution in [0.25, 0.3) is 11.3 Å². The van der Waals surface area contributed by atoms with E-state index in [0.29, 0.717) is 13.0 Å². The molecule has 0 bridgehead atoms. The molecule has 0 aliphatic carbocycles. The zero-order valence-electron chi connectivity index (χ0n) is 11.3. The van der Waals surface area contributed by atoms with E-state index in [1.54, 1.807) is 6.20 Å². The summed E-state index contributed by atoms with van der Waals surface area (Å²) in [5, 5.41) is 2.83. The fourth-order valence-electron chi connectivity index (χ4n) is 2.27. The maximum Gasteiger partial charge on any atom is 0.228 e. The Kier molecular flexibility index (Phi) is 3.20. The highest BCUT2D eigenvalue weighted by molar-refractivity contribution is 5.99. The van der Waals surface area contributed by atoms with Crippen molar-refractivity contribution < 1.29 is 4.79 Å². The minimum Gasteiger partial charge on any atom is -0.330 e. The third-order valence-corrected chi connectivity index (χ3v) is 3.49. The molecule has 1 unspecified atom stereocenters. The Morgan fingerprint density at radius 3 is 3.05 bits per heavy atom. The van der Waals surface area contributed by atoms with Crippen molar-refractivity contribution in [1.82, 2.24) is 9.97 Å². The second-order valence-corrected chi connectivity index (χ2v) is 5.03. The molecule has 1 aromatic heterocycles. The Labute approximate surface area is 117 Å². The van der Waals surface area contributed by atoms with Gasteiger partial charge in [0.1, 0.15) is 5.82 Å². The summed E-state index contributed by atoms with van der Waals surface area (Å²) in [6.45, 7) is 2.52. The van der Waals surface area contributed by atoms with Gasteiger partial charge in [0, 0.05) is 29.9 Å². The first kappa shape index (κ1) is 12.7. The van der Waals surface area contributed by atoms with Gasteiger partial charge >= 0.3 is 0 Å². The van der Waals surface area contributed by atoms with E-state index in [-0.39, 0.29) is 11.8 Å². The van der Waals surface area contributed by atoms with Crippen LogP contribution < -0.4 is 11.1 Å². The van der Waals surface area contributed by atoms with Crippen LogP contribution in [-0.2, 0) is 11.2 Å². The van der Waals surface area contributed by atoms with Crippen molar-refractivity contribution in [3.05, 3.63) is 41.9 Å². The number of benzene rings is 1. The summed E-state index contributed by atoms with van der Waals surface area (Å²) >= 11 is 0. The van der Waals surface area contributed by atoms with Gasteiger partial charge < -0.3 is 11.1 Å². The topological polar surface area (TPSA) is 80.9 Å². The molecule has 20 heavy (non-hydrogen) atoms. The number of amides is 1. The van der Waals surface area contributed by atoms with E-state index in [1.165, 1.54) is 0 Å². The van der Waals surface area contributed by atoms with Crippen LogP contribution in [-0.4, -0.2) is 22.4 Å². The van der Waals surface area contributed by atoms with E-state index in [0.717, 1.165) is 28.3 Å². The number of carbonyl (C=O) groups excluding carboxylic acids is 1. The van der Waals surface area contributed by atoms with Crippen LogP contribution in [0.4, 0.5) is 5.69 Å². The molecular formula is C15H16N4O. The maximum atomic E-state index is 11.4. The standard InChI is InChI=1S/C15H16N4O/c1-9(8-16)15-17-5-4-13(19-15)10-2-3-12-11(6-10)7-14(20)18-12/h2-6,9H,7-8,16H2,1H3,(H,18,20). The largest absolute Gasteiger partial charge is 0.330 e. The van der Waals surface area contributed by atoms with Gasteiger partial charge in [-0.2, -0.15) is 0 Å². The Hall–Kier alpha value is -2.27. The molecule has 1 aliphatic rings. The molecular weight excluding hydrogens is 252 g/mol. The predicted octanol–water partition coefficient (Wildman–Crippen LogP) is 1.70. The number of anilines is 1. The number of hydrogen-bond acceptors (Lipinski definition) is 4. The van der Waals surface area contributed by atoms with E-state index in [4.69, 9.17) is 5.73 Å². The van der Waals surface area contributed by atoms with Crippen LogP contribution in [0.3, 0.4) is 0 Å². The van der Waals surface area contributed by atoms with Crippen LogP contribution in [0.1, 0.15) is 24.2 Å². The third-order valence-electron chi connectivity index (χ3n) is 3.49. The summed E-state index contributed by atoms with van der Waals surface area (Å²) in [6, 6.07) is 7.76. The highest BCUT2D eigenvalue weighted by Crippen LogP contribution is 2.28. The number of aromatic nitrogens is 2. The van der Waals surface area contributed by atoms with Gasteiger partial charge in [0.15, 0.2) is 0 Å². The molecule has 5 nitrogen and oxygen atoms in total. The minimum absolute atomic E-state index is 0.0391. The van der Waals surface area contributed by atoms with Crippen molar-refractivity contribution in [1.29, 1.82) is 0 Å². The number of rotatable bonds is 3. The first-order valence-electron chi connectivity index (χ1n) is 6.63. The normalized spacial score (nSPS) is 14.8. The van der Waals surface area contributed by atoms with E-state index in [2.05, 4.69) is 15.3 Å². The second-order valence-electron chi connectivity index (χ2n) is 5.03. The average molecular weight is 268 g/mol. The van der Waals surface area contributed by atoms with Crippen LogP contribution in [0.15, 0.2) is 30.5 Å². The molecule has 5 heteroatoms. The van der Waals surface area contributed by atoms with Gasteiger partial charge in [-0.05, 0) is 23.8 Å². The summed E-state index contributed by atoms with van der Waals surface area (Å²) in [6.07, 6.45) is 2.18. The molecule has 3 N–H and O–H groups in total. The summed E-state index contributed by atoms with van der Waals surface area (Å²) in [5.41, 5.74) is 9.41. The number of fused-ring (bicyclic) bond motifs is 1. The second kappa shape index (κ2) is 5.02. The molecule has 1 aromatic carbocycles. The van der Waals surface area contributed by atoms with Gasteiger partial charge in [-0.1, -0.05) is 13.0 Å². The number of carbonyl (C=O) groups is 1. The van der Waals surface area contributed by atoms with Crippen molar-refractivity contribution in [2.75, 3.05) is 11.9 Å². The molecule has 1 amide bonds. The highest BCUT2D eigenvalue weighted by atomic mass is 16.1. The molecule has 1 aliphatic heterocycles. The van der Waals surface area contributed by atoms with E-state index in [9.17, 15) is 4.79 Å². The zero-order chi connectivity index (χ0) is 14.1. The van der Waals surface area contributed by atoms with Gasteiger partial charge in [0.05, 0.1) is 12.1 Å². The monoisotopic (exact) mass is 268 g/mol. The number of nitrogens with two attached hydrogens (primary N) is 1. The van der Waals surface area contributed by atoms with Crippen LogP contribution >= 0.6 is 0 Å². The first-order valence-corrected chi connectivity index (χ1v) is 6.63. The van der Waals surface area contributed by atoms with Crippen molar-refractivity contribution >= 4 is 11.6 Å². The molecule has 102 valence electrons. The smallest absolute Gasteiger partial charge is 0.228 e. The Morgan fingerprint density at radius 2 is 2.25 bits per heavy atom. The molecule has 2 heterocycles. The number of nitrogens with zero attached hydrogens (tertiary/aromatic N) is 2. The Morgan fingerprint density at radius 1 is 1.40 bits per heavy atom. The Bertz CT molecular complexity index is 669. The first-order chi connectivity index (χ1) is 9.67. The molecule has 0 saturated heterocycles. The van der Waals surface area contributed by atoms with Crippen molar-refractivity contribution in [2.45, 2.75) is 19.3 Å². The van der Waals surface area contributed by atoms with Crippen molar-refractivity contribution in [3.8, 4) is 11.3 Å². The predicted molar refractivity (Wildman–Crippen MR) is 77.3 cm³/mol. The number of nitrogens with one attached hydrogen (secondary N) is 1. The van der Waals surface area contributed by atoms with Gasteiger partial charge in [-0.15, -0.1) is 0 Å². The van der Waals surface area contributed by atoms with Crippen molar-refractivity contribution in [3.63, 3.8) is 0 Å². The number of hydrogen-bond donors (Lipinski definition) is 2. The molecule has 1 atom stereocenters. The molecule has 0 radical (unpaired) electrons. The molecule has 0 saturated carbocycles. The summed E-state index contributed by atoms with van der Waals surface area (Å²) in [7, 11) is 0. The lowest BCUT2D eigenvalue weighted by Crippen LogP contribution is -2.12. The highest BCUT2D eigenvalue weighted by Gasteiger charge is 2.18. The lowest BCUT2D eigenvalue weighted by Gasteiger charge is -2.09. The van der Waals surface area contributed by atoms with E-state index < -0.39 is 0 Å². The SMILES string of the molecule is CC(CN)c1nccc(-c2ccc3c(c2)CC(=O)N3)n1. The molecule has 0 fully saturated rings. The van der Waals surface area contributed by atoms with E-state index >= 15 is 0 Å². The summed E-state index contributed by atoms with van der Waals surface area (Å²) in [5.74, 6) is 0.921. The van der Waals surface area contributed by atoms with Crippen molar-refractivity contribution in [2.24, 2.45) is 5.73 Å². The minimum atomic E-state index is 0.0391. The van der Waals surface area contributed by atoms with Gasteiger partial charge in [-0.3, -0.25) is 4.79 Å². The van der Waals surface area contributed by atoms with Crippen LogP contribution in [0, 0.1) is 0 Å². The summed E-state index contributed by atoms with van der Waals surface area (Å²) < 4.78 is 0. The molecule has 2 aromatic rings. The molecule has 3 rings (SSSR count). The summed E-state index contributed by atoms with van der Waals surface area (Å²) in [4.78, 5) is 20.2. The average Bonchev–Trinajstić information content (AvgIpc) is 2.85. The lowest BCUT2D eigenvalue weighted by atomic mass is 10.1. The van der Waals surface area contributed by atoms with Gasteiger partial charge in [0.2, 0.25) is 5.91 Å². The van der Waals surface area contributed by atoms with E-state index in [1.807, 2.05) is 31.2 Å². The fraction of sp³-hybridized carbons (Fsp3) is 0.267. The zero-order valence-corrected chi connectivity index (χ0v) is 11.3. The van der Waals surface area contributed by atoms with Crippen LogP contribution in [0.2, 0.25) is 0 Å².